The van der Waals surface area contributed by atoms with E-state index in [9.17, 15) is 9.59 Å². The number of nitrogens with one attached hydrogen (secondary N) is 1. The van der Waals surface area contributed by atoms with Crippen LogP contribution in [-0.2, 0) is 14.3 Å². The summed E-state index contributed by atoms with van der Waals surface area (Å²) in [5.74, 6) is -0.174. The number of esters is 1. The van der Waals surface area contributed by atoms with Gasteiger partial charge in [0.05, 0.1) is 0 Å². The van der Waals surface area contributed by atoms with Gasteiger partial charge in [-0.2, -0.15) is 10.2 Å². The van der Waals surface area contributed by atoms with Gasteiger partial charge < -0.3 is 9.47 Å². The molecule has 1 aromatic rings. The maximum Gasteiger partial charge on any atom is 0.427 e. The van der Waals surface area contributed by atoms with Crippen LogP contribution in [0.15, 0.2) is 12.3 Å². The van der Waals surface area contributed by atoms with E-state index in [0.29, 0.717) is 12.4 Å². The molecule has 1 amide bonds. The van der Waals surface area contributed by atoms with Gasteiger partial charge in [-0.15, -0.1) is 0 Å². The Labute approximate surface area is 159 Å². The number of amides is 1. The highest BCUT2D eigenvalue weighted by Crippen LogP contribution is 2.18. The average Bonchev–Trinajstić information content (AvgIpc) is 2.51. The van der Waals surface area contributed by atoms with Crippen molar-refractivity contribution in [3.05, 3.63) is 18.1 Å². The van der Waals surface area contributed by atoms with E-state index in [1.165, 1.54) is 25.1 Å². The number of rotatable bonds is 6. The first-order chi connectivity index (χ1) is 12.3. The molecule has 1 aromatic heterocycles. The Kier molecular flexibility index (Phi) is 7.11. The topological polar surface area (TPSA) is 117 Å². The van der Waals surface area contributed by atoms with Crippen LogP contribution in [0.2, 0.25) is 0 Å². The van der Waals surface area contributed by atoms with Crippen LogP contribution >= 0.6 is 0 Å². The molecule has 1 rings (SSSR count). The number of carbonyl (C=O) groups excluding carboxylic acids is 2. The maximum atomic E-state index is 12.4. The zero-order valence-electron chi connectivity index (χ0n) is 16.9. The fourth-order valence-corrected chi connectivity index (χ4v) is 1.92. The summed E-state index contributed by atoms with van der Waals surface area (Å²) in [5.41, 5.74) is 0.371. The minimum atomic E-state index is -1.48. The van der Waals surface area contributed by atoms with Crippen LogP contribution in [0.5, 0.6) is 0 Å². The average molecular weight is 377 g/mol. The van der Waals surface area contributed by atoms with Crippen molar-refractivity contribution in [1.29, 1.82) is 5.26 Å². The van der Waals surface area contributed by atoms with Gasteiger partial charge in [-0.1, -0.05) is 13.8 Å². The molecule has 9 nitrogen and oxygen atoms in total. The lowest BCUT2D eigenvalue weighted by atomic mass is 10.1. The van der Waals surface area contributed by atoms with Crippen molar-refractivity contribution in [1.82, 2.24) is 15.4 Å². The molecule has 148 valence electrons. The molecular formula is C18H27N5O4. The number of carbonyl (C=O) groups is 2. The van der Waals surface area contributed by atoms with Gasteiger partial charge >= 0.3 is 12.1 Å². The van der Waals surface area contributed by atoms with Crippen molar-refractivity contribution in [2.45, 2.75) is 59.7 Å². The highest BCUT2D eigenvalue weighted by atomic mass is 16.6. The van der Waals surface area contributed by atoms with Crippen LogP contribution < -0.4 is 10.4 Å². The Balaban J connectivity index is 2.90. The van der Waals surface area contributed by atoms with Gasteiger partial charge in [0.2, 0.25) is 11.4 Å². The largest absolute Gasteiger partial charge is 0.457 e. The van der Waals surface area contributed by atoms with E-state index in [1.54, 1.807) is 26.8 Å². The highest BCUT2D eigenvalue weighted by molar-refractivity contribution is 5.82. The van der Waals surface area contributed by atoms with Crippen LogP contribution in [0, 0.1) is 17.2 Å². The maximum absolute atomic E-state index is 12.4. The van der Waals surface area contributed by atoms with Gasteiger partial charge in [0.15, 0.2) is 5.82 Å². The summed E-state index contributed by atoms with van der Waals surface area (Å²) in [6.45, 7) is 12.4. The number of hydrazine groups is 1. The Bertz CT molecular complexity index is 719. The molecule has 0 spiro atoms. The van der Waals surface area contributed by atoms with Crippen molar-refractivity contribution in [2.75, 3.05) is 11.6 Å². The van der Waals surface area contributed by atoms with Crippen molar-refractivity contribution in [3.8, 4) is 6.07 Å². The van der Waals surface area contributed by atoms with Gasteiger partial charge in [-0.25, -0.2) is 20.0 Å². The second-order valence-electron chi connectivity index (χ2n) is 7.87. The molecule has 0 unspecified atom stereocenters. The van der Waals surface area contributed by atoms with Crippen molar-refractivity contribution in [2.24, 2.45) is 5.92 Å². The third-order valence-corrected chi connectivity index (χ3v) is 3.03. The molecule has 0 aliphatic heterocycles. The smallest absolute Gasteiger partial charge is 0.427 e. The second-order valence-corrected chi connectivity index (χ2v) is 7.87. The van der Waals surface area contributed by atoms with Gasteiger partial charge in [0.1, 0.15) is 11.7 Å². The molecule has 0 saturated heterocycles. The lowest BCUT2D eigenvalue weighted by Crippen LogP contribution is -2.50. The molecule has 0 saturated carbocycles. The van der Waals surface area contributed by atoms with E-state index in [-0.39, 0.29) is 11.7 Å². The Morgan fingerprint density at radius 2 is 1.89 bits per heavy atom. The molecule has 9 heteroatoms. The Hall–Kier alpha value is -2.89. The van der Waals surface area contributed by atoms with Crippen LogP contribution in [-0.4, -0.2) is 39.8 Å². The van der Waals surface area contributed by atoms with E-state index < -0.39 is 23.3 Å². The Morgan fingerprint density at radius 1 is 1.26 bits per heavy atom. The first kappa shape index (κ1) is 22.2. The number of hydrogen-bond donors (Lipinski definition) is 1. The fourth-order valence-electron chi connectivity index (χ4n) is 1.92. The number of aromatic nitrogens is 2. The Morgan fingerprint density at radius 3 is 2.41 bits per heavy atom. The van der Waals surface area contributed by atoms with E-state index in [2.05, 4.69) is 15.4 Å². The van der Waals surface area contributed by atoms with Gasteiger partial charge in [0, 0.05) is 18.8 Å². The SMILES string of the molecule is CC(C)CN(NC(=O)OC(C)(C)C(=O)OC(C)(C)C)c1ccnc(C#N)n1. The zero-order valence-corrected chi connectivity index (χ0v) is 16.9. The van der Waals surface area contributed by atoms with Gasteiger partial charge in [-0.05, 0) is 40.5 Å². The summed E-state index contributed by atoms with van der Waals surface area (Å²) in [6, 6.07) is 3.41. The third kappa shape index (κ3) is 7.48. The molecule has 0 bridgehead atoms. The monoisotopic (exact) mass is 377 g/mol. The first-order valence-corrected chi connectivity index (χ1v) is 8.58. The molecule has 1 heterocycles. The molecule has 0 aliphatic carbocycles. The van der Waals surface area contributed by atoms with Crippen LogP contribution in [0.25, 0.3) is 0 Å². The molecular weight excluding hydrogens is 350 g/mol. The third-order valence-electron chi connectivity index (χ3n) is 3.03. The number of hydrogen-bond acceptors (Lipinski definition) is 8. The number of ether oxygens (including phenoxy) is 2. The first-order valence-electron chi connectivity index (χ1n) is 8.58. The molecule has 0 atom stereocenters. The normalized spacial score (nSPS) is 11.5. The van der Waals surface area contributed by atoms with Crippen LogP contribution in [0.4, 0.5) is 10.6 Å². The summed E-state index contributed by atoms with van der Waals surface area (Å²) in [6.07, 6.45) is 0.579. The van der Waals surface area contributed by atoms with Crippen molar-refractivity contribution >= 4 is 17.9 Å². The lowest BCUT2D eigenvalue weighted by Gasteiger charge is -2.30. The summed E-state index contributed by atoms with van der Waals surface area (Å²) < 4.78 is 10.5. The highest BCUT2D eigenvalue weighted by Gasteiger charge is 2.37. The van der Waals surface area contributed by atoms with Crippen LogP contribution in [0.1, 0.15) is 54.3 Å². The van der Waals surface area contributed by atoms with E-state index in [0.717, 1.165) is 0 Å². The number of anilines is 1. The number of nitrogens with zero attached hydrogens (tertiary/aromatic N) is 4. The lowest BCUT2D eigenvalue weighted by molar-refractivity contribution is -0.173. The summed E-state index contributed by atoms with van der Waals surface area (Å²) in [5, 5.41) is 10.4. The molecule has 0 aromatic carbocycles. The van der Waals surface area contributed by atoms with E-state index in [4.69, 9.17) is 14.7 Å². The standard InChI is InChI=1S/C18H27N5O4/c1-12(2)11-23(14-8-9-20-13(10-19)21-14)22-16(25)27-18(6,7)15(24)26-17(3,4)5/h8-9,12H,11H2,1-7H3,(H,22,25). The zero-order chi connectivity index (χ0) is 20.8. The molecule has 0 radical (unpaired) electrons. The molecule has 0 fully saturated rings. The molecule has 0 aliphatic rings. The second kappa shape index (κ2) is 8.66. The summed E-state index contributed by atoms with van der Waals surface area (Å²) in [4.78, 5) is 32.5. The summed E-state index contributed by atoms with van der Waals surface area (Å²) >= 11 is 0. The van der Waals surface area contributed by atoms with Crippen molar-refractivity contribution < 1.29 is 19.1 Å². The minimum Gasteiger partial charge on any atom is -0.457 e. The van der Waals surface area contributed by atoms with E-state index >= 15 is 0 Å². The molecule has 1 N–H and O–H groups in total. The fraction of sp³-hybridized carbons (Fsp3) is 0.611. The predicted octanol–water partition coefficient (Wildman–Crippen LogP) is 2.57. The summed E-state index contributed by atoms with van der Waals surface area (Å²) in [7, 11) is 0. The van der Waals surface area contributed by atoms with Gasteiger partial charge in [-0.3, -0.25) is 5.01 Å². The van der Waals surface area contributed by atoms with Crippen molar-refractivity contribution in [3.63, 3.8) is 0 Å². The van der Waals surface area contributed by atoms with Gasteiger partial charge in [0.25, 0.3) is 0 Å². The van der Waals surface area contributed by atoms with E-state index in [1.807, 2.05) is 19.9 Å². The minimum absolute atomic E-state index is 0.0227. The number of nitriles is 1. The molecule has 27 heavy (non-hydrogen) atoms. The quantitative estimate of drug-likeness (QED) is 0.594. The predicted molar refractivity (Wildman–Crippen MR) is 98.5 cm³/mol. The van der Waals surface area contributed by atoms with Crippen LogP contribution in [0.3, 0.4) is 0 Å².